The summed E-state index contributed by atoms with van der Waals surface area (Å²) in [7, 11) is 0. The summed E-state index contributed by atoms with van der Waals surface area (Å²) in [5.41, 5.74) is 0.253. The number of rotatable bonds is 7. The summed E-state index contributed by atoms with van der Waals surface area (Å²) in [4.78, 5) is 12.5. The van der Waals surface area contributed by atoms with Crippen molar-refractivity contribution in [3.8, 4) is 5.75 Å². The van der Waals surface area contributed by atoms with Gasteiger partial charge in [-0.2, -0.15) is 0 Å². The molecule has 0 bridgehead atoms. The Morgan fingerprint density at radius 2 is 1.65 bits per heavy atom. The van der Waals surface area contributed by atoms with Crippen molar-refractivity contribution in [2.45, 2.75) is 66.4 Å². The third kappa shape index (κ3) is 3.84. The first-order chi connectivity index (χ1) is 9.28. The van der Waals surface area contributed by atoms with Crippen molar-refractivity contribution < 1.29 is 9.53 Å². The van der Waals surface area contributed by atoms with Gasteiger partial charge in [0.25, 0.3) is 0 Å². The molecule has 0 unspecified atom stereocenters. The minimum absolute atomic E-state index is 0.165. The van der Waals surface area contributed by atoms with E-state index in [1.807, 2.05) is 45.0 Å². The van der Waals surface area contributed by atoms with Crippen molar-refractivity contribution >= 4 is 5.78 Å². The molecule has 0 atom stereocenters. The van der Waals surface area contributed by atoms with Gasteiger partial charge in [0.2, 0.25) is 0 Å². The first-order valence-corrected chi connectivity index (χ1v) is 7.62. The summed E-state index contributed by atoms with van der Waals surface area (Å²) in [6, 6.07) is 7.59. The molecule has 0 saturated heterocycles. The lowest BCUT2D eigenvalue weighted by atomic mass is 9.82. The van der Waals surface area contributed by atoms with Gasteiger partial charge in [-0.15, -0.1) is 0 Å². The maximum Gasteiger partial charge on any atom is 0.168 e. The van der Waals surface area contributed by atoms with Gasteiger partial charge in [-0.3, -0.25) is 4.79 Å². The molecule has 2 nitrogen and oxygen atoms in total. The molecular weight excluding hydrogens is 248 g/mol. The maximum absolute atomic E-state index is 12.5. The lowest BCUT2D eigenvalue weighted by molar-refractivity contribution is 0.0783. The number of carbonyl (C=O) groups is 1. The Bertz CT molecular complexity index is 456. The van der Waals surface area contributed by atoms with Gasteiger partial charge in [0.05, 0.1) is 0 Å². The average molecular weight is 276 g/mol. The van der Waals surface area contributed by atoms with E-state index in [1.54, 1.807) is 0 Å². The second-order valence-corrected chi connectivity index (χ2v) is 6.35. The molecule has 0 aromatic heterocycles. The SMILES string of the molecule is CCC(C)(CC)Oc1cccc(C(=O)C(C)(C)CC)c1. The van der Waals surface area contributed by atoms with E-state index in [-0.39, 0.29) is 16.8 Å². The van der Waals surface area contributed by atoms with Crippen LogP contribution >= 0.6 is 0 Å². The van der Waals surface area contributed by atoms with E-state index >= 15 is 0 Å². The van der Waals surface area contributed by atoms with Crippen LogP contribution in [-0.4, -0.2) is 11.4 Å². The number of Topliss-reactive ketones (excluding diaryl/α,β-unsaturated/α-hetero) is 1. The Morgan fingerprint density at radius 1 is 1.05 bits per heavy atom. The maximum atomic E-state index is 12.5. The van der Waals surface area contributed by atoms with Crippen LogP contribution in [-0.2, 0) is 0 Å². The van der Waals surface area contributed by atoms with E-state index in [0.717, 1.165) is 30.6 Å². The van der Waals surface area contributed by atoms with Crippen molar-refractivity contribution in [2.75, 3.05) is 0 Å². The number of ketones is 1. The lowest BCUT2D eigenvalue weighted by Gasteiger charge is -2.29. The number of benzene rings is 1. The van der Waals surface area contributed by atoms with Crippen LogP contribution in [0.2, 0.25) is 0 Å². The second-order valence-electron chi connectivity index (χ2n) is 6.35. The summed E-state index contributed by atoms with van der Waals surface area (Å²) < 4.78 is 6.09. The molecule has 0 aliphatic carbocycles. The molecule has 0 spiro atoms. The Hall–Kier alpha value is -1.31. The highest BCUT2D eigenvalue weighted by Crippen LogP contribution is 2.29. The first-order valence-electron chi connectivity index (χ1n) is 7.62. The zero-order valence-electron chi connectivity index (χ0n) is 13.7. The number of hydrogen-bond donors (Lipinski definition) is 0. The van der Waals surface area contributed by atoms with Gasteiger partial charge in [0, 0.05) is 11.0 Å². The summed E-state index contributed by atoms with van der Waals surface area (Å²) in [5.74, 6) is 0.967. The van der Waals surface area contributed by atoms with Crippen LogP contribution < -0.4 is 4.74 Å². The van der Waals surface area contributed by atoms with E-state index in [0.29, 0.717) is 0 Å². The molecule has 1 aromatic carbocycles. The van der Waals surface area contributed by atoms with Gasteiger partial charge in [-0.1, -0.05) is 46.8 Å². The Balaban J connectivity index is 3.00. The molecule has 112 valence electrons. The van der Waals surface area contributed by atoms with Crippen LogP contribution in [0.3, 0.4) is 0 Å². The molecule has 0 amide bonds. The molecule has 0 heterocycles. The van der Waals surface area contributed by atoms with Gasteiger partial charge in [0.15, 0.2) is 5.78 Å². The third-order valence-electron chi connectivity index (χ3n) is 4.45. The number of hydrogen-bond acceptors (Lipinski definition) is 2. The molecule has 20 heavy (non-hydrogen) atoms. The van der Waals surface area contributed by atoms with Crippen LogP contribution in [0.4, 0.5) is 0 Å². The highest BCUT2D eigenvalue weighted by Gasteiger charge is 2.27. The fourth-order valence-corrected chi connectivity index (χ4v) is 1.93. The van der Waals surface area contributed by atoms with Gasteiger partial charge >= 0.3 is 0 Å². The third-order valence-corrected chi connectivity index (χ3v) is 4.45. The van der Waals surface area contributed by atoms with Gasteiger partial charge in [-0.05, 0) is 38.3 Å². The minimum Gasteiger partial charge on any atom is -0.488 e. The van der Waals surface area contributed by atoms with Gasteiger partial charge < -0.3 is 4.74 Å². The second kappa shape index (κ2) is 6.43. The van der Waals surface area contributed by atoms with Crippen LogP contribution in [0.5, 0.6) is 5.75 Å². The van der Waals surface area contributed by atoms with Gasteiger partial charge in [-0.25, -0.2) is 0 Å². The average Bonchev–Trinajstić information content (AvgIpc) is 2.46. The molecule has 1 aromatic rings. The minimum atomic E-state index is -0.322. The largest absolute Gasteiger partial charge is 0.488 e. The lowest BCUT2D eigenvalue weighted by Crippen LogP contribution is -2.30. The monoisotopic (exact) mass is 276 g/mol. The van der Waals surface area contributed by atoms with E-state index in [9.17, 15) is 4.79 Å². The van der Waals surface area contributed by atoms with Crippen LogP contribution in [0.1, 0.15) is 71.2 Å². The number of carbonyl (C=O) groups excluding carboxylic acids is 1. The van der Waals surface area contributed by atoms with E-state index in [1.165, 1.54) is 0 Å². The molecule has 0 saturated carbocycles. The summed E-state index contributed by atoms with van der Waals surface area (Å²) in [5, 5.41) is 0. The molecule has 0 N–H and O–H groups in total. The van der Waals surface area contributed by atoms with Gasteiger partial charge in [0.1, 0.15) is 11.4 Å². The van der Waals surface area contributed by atoms with Crippen molar-refractivity contribution in [3.05, 3.63) is 29.8 Å². The molecular formula is C18H28O2. The Kier molecular flexibility index (Phi) is 5.38. The summed E-state index contributed by atoms with van der Waals surface area (Å²) in [6.45, 7) is 12.4. The smallest absolute Gasteiger partial charge is 0.168 e. The first kappa shape index (κ1) is 16.7. The zero-order valence-corrected chi connectivity index (χ0v) is 13.7. The van der Waals surface area contributed by atoms with Crippen molar-refractivity contribution in [2.24, 2.45) is 5.41 Å². The fraction of sp³-hybridized carbons (Fsp3) is 0.611. The highest BCUT2D eigenvalue weighted by molar-refractivity contribution is 6.00. The predicted octanol–water partition coefficient (Wildman–Crippen LogP) is 5.26. The predicted molar refractivity (Wildman–Crippen MR) is 84.5 cm³/mol. The normalized spacial score (nSPS) is 12.3. The molecule has 0 fully saturated rings. The molecule has 0 aliphatic heterocycles. The standard InChI is InChI=1S/C18H28O2/c1-7-17(4,5)16(19)14-11-10-12-15(13-14)20-18(6,8-2)9-3/h10-13H,7-9H2,1-6H3. The highest BCUT2D eigenvalue weighted by atomic mass is 16.5. The van der Waals surface area contributed by atoms with Crippen molar-refractivity contribution in [1.29, 1.82) is 0 Å². The molecule has 1 rings (SSSR count). The fourth-order valence-electron chi connectivity index (χ4n) is 1.93. The molecule has 2 heteroatoms. The quantitative estimate of drug-likeness (QED) is 0.635. The van der Waals surface area contributed by atoms with Crippen LogP contribution in [0.15, 0.2) is 24.3 Å². The number of ether oxygens (including phenoxy) is 1. The van der Waals surface area contributed by atoms with E-state index in [2.05, 4.69) is 20.8 Å². The molecule has 0 aliphatic rings. The Labute approximate surface area is 123 Å². The van der Waals surface area contributed by atoms with E-state index in [4.69, 9.17) is 4.74 Å². The van der Waals surface area contributed by atoms with Crippen LogP contribution in [0.25, 0.3) is 0 Å². The summed E-state index contributed by atoms with van der Waals surface area (Å²) in [6.07, 6.45) is 2.73. The Morgan fingerprint density at radius 3 is 2.15 bits per heavy atom. The topological polar surface area (TPSA) is 26.3 Å². The zero-order chi connectivity index (χ0) is 15.4. The molecule has 0 radical (unpaired) electrons. The van der Waals surface area contributed by atoms with Crippen molar-refractivity contribution in [3.63, 3.8) is 0 Å². The summed E-state index contributed by atoms with van der Waals surface area (Å²) >= 11 is 0. The van der Waals surface area contributed by atoms with Crippen LogP contribution in [0, 0.1) is 5.41 Å². The van der Waals surface area contributed by atoms with Crippen molar-refractivity contribution in [1.82, 2.24) is 0 Å². The van der Waals surface area contributed by atoms with E-state index < -0.39 is 0 Å².